The summed E-state index contributed by atoms with van der Waals surface area (Å²) in [5.74, 6) is -0.849. The van der Waals surface area contributed by atoms with Gasteiger partial charge in [-0.15, -0.1) is 0 Å². The van der Waals surface area contributed by atoms with Gasteiger partial charge in [0.25, 0.3) is 0 Å². The minimum absolute atomic E-state index is 0.339. The fourth-order valence-electron chi connectivity index (χ4n) is 6.60. The summed E-state index contributed by atoms with van der Waals surface area (Å²) in [5.41, 5.74) is 1.02. The van der Waals surface area contributed by atoms with Crippen LogP contribution in [-0.2, 0) is 22.5 Å². The van der Waals surface area contributed by atoms with Crippen LogP contribution in [0.2, 0.25) is 22.7 Å². The molecule has 0 aromatic heterocycles. The molecule has 0 aromatic carbocycles. The first-order chi connectivity index (χ1) is 19.5. The third-order valence-electron chi connectivity index (χ3n) is 8.97. The molecule has 246 valence electrons. The Morgan fingerprint density at radius 2 is 1.05 bits per heavy atom. The van der Waals surface area contributed by atoms with Gasteiger partial charge in [-0.2, -0.15) is 0 Å². The molecule has 7 nitrogen and oxygen atoms in total. The summed E-state index contributed by atoms with van der Waals surface area (Å²) in [7, 11) is -0.0619. The predicted molar refractivity (Wildman–Crippen MR) is 177 cm³/mol. The number of carbonyl (C=O) groups is 1. The van der Waals surface area contributed by atoms with Crippen molar-refractivity contribution in [3.05, 3.63) is 0 Å². The topological polar surface area (TPSA) is 77.5 Å². The standard InChI is InChI=1S/C32H69NO6Si2/c1-11-12-13-14-15-16-17-18-19-20-21-22-24-33(25-23-26-40(36-8,37-9)38-10)27-31(32(34)35)39-41(28(2)3,29(4)5)30(6)7/h28-31H,11-27H2,1-10H3,(H,34,35). The molecule has 41 heavy (non-hydrogen) atoms. The third kappa shape index (κ3) is 15.3. The first kappa shape index (κ1) is 40.7. The van der Waals surface area contributed by atoms with E-state index in [1.807, 2.05) is 0 Å². The van der Waals surface area contributed by atoms with Crippen LogP contribution in [0, 0.1) is 0 Å². The van der Waals surface area contributed by atoms with Crippen LogP contribution in [0.25, 0.3) is 0 Å². The van der Waals surface area contributed by atoms with Crippen molar-refractivity contribution >= 4 is 23.1 Å². The summed E-state index contributed by atoms with van der Waals surface area (Å²) in [5, 5.41) is 10.3. The third-order valence-corrected chi connectivity index (χ3v) is 17.9. The van der Waals surface area contributed by atoms with E-state index in [4.69, 9.17) is 17.7 Å². The van der Waals surface area contributed by atoms with E-state index in [0.717, 1.165) is 25.9 Å². The average molecular weight is 620 g/mol. The van der Waals surface area contributed by atoms with Crippen LogP contribution in [0.1, 0.15) is 132 Å². The first-order valence-electron chi connectivity index (χ1n) is 16.7. The summed E-state index contributed by atoms with van der Waals surface area (Å²) in [6, 6.07) is 0.701. The second kappa shape index (κ2) is 23.1. The first-order valence-corrected chi connectivity index (χ1v) is 20.8. The van der Waals surface area contributed by atoms with Gasteiger partial charge in [0.1, 0.15) is 0 Å². The maximum atomic E-state index is 12.5. The van der Waals surface area contributed by atoms with Gasteiger partial charge in [-0.05, 0) is 42.6 Å². The highest BCUT2D eigenvalue weighted by Gasteiger charge is 2.48. The molecule has 0 fully saturated rings. The van der Waals surface area contributed by atoms with E-state index in [2.05, 4.69) is 53.4 Å². The lowest BCUT2D eigenvalue weighted by atomic mass is 10.1. The molecule has 0 heterocycles. The highest BCUT2D eigenvalue weighted by atomic mass is 28.4. The van der Waals surface area contributed by atoms with Gasteiger partial charge in [-0.1, -0.05) is 119 Å². The fraction of sp³-hybridized carbons (Fsp3) is 0.969. The Morgan fingerprint density at radius 1 is 0.659 bits per heavy atom. The Hall–Kier alpha value is -0.296. The number of aliphatic carboxylic acids is 1. The maximum Gasteiger partial charge on any atom is 0.500 e. The number of hydrogen-bond donors (Lipinski definition) is 1. The Morgan fingerprint density at radius 3 is 1.41 bits per heavy atom. The van der Waals surface area contributed by atoms with Crippen molar-refractivity contribution in [2.75, 3.05) is 41.0 Å². The van der Waals surface area contributed by atoms with Gasteiger partial charge in [0.2, 0.25) is 8.32 Å². The number of unbranched alkanes of at least 4 members (excludes halogenated alkanes) is 11. The van der Waals surface area contributed by atoms with Gasteiger partial charge in [0.15, 0.2) is 6.10 Å². The molecule has 0 aliphatic carbocycles. The summed E-state index contributed by atoms with van der Waals surface area (Å²) >= 11 is 0. The van der Waals surface area contributed by atoms with Gasteiger partial charge in [0, 0.05) is 33.9 Å². The Kier molecular flexibility index (Phi) is 23.0. The van der Waals surface area contributed by atoms with E-state index in [0.29, 0.717) is 29.2 Å². The molecule has 0 radical (unpaired) electrons. The smallest absolute Gasteiger partial charge is 0.479 e. The van der Waals surface area contributed by atoms with E-state index < -0.39 is 29.2 Å². The molecule has 9 heteroatoms. The molecule has 0 rings (SSSR count). The predicted octanol–water partition coefficient (Wildman–Crippen LogP) is 8.90. The largest absolute Gasteiger partial charge is 0.500 e. The summed E-state index contributed by atoms with van der Waals surface area (Å²) in [6.07, 6.45) is 15.7. The second-order valence-electron chi connectivity index (χ2n) is 12.9. The summed E-state index contributed by atoms with van der Waals surface area (Å²) in [4.78, 5) is 14.8. The molecule has 1 N–H and O–H groups in total. The van der Waals surface area contributed by atoms with Crippen molar-refractivity contribution in [1.29, 1.82) is 0 Å². The van der Waals surface area contributed by atoms with Crippen molar-refractivity contribution in [2.45, 2.75) is 161 Å². The maximum absolute atomic E-state index is 12.5. The SMILES string of the molecule is CCCCCCCCCCCCCCN(CCC[Si](OC)(OC)OC)CC(O[Si](C(C)C)(C(C)C)C(C)C)C(=O)O. The molecular formula is C32H69NO6Si2. The minimum Gasteiger partial charge on any atom is -0.479 e. The highest BCUT2D eigenvalue weighted by Crippen LogP contribution is 2.43. The van der Waals surface area contributed by atoms with Crippen molar-refractivity contribution in [2.24, 2.45) is 0 Å². The van der Waals surface area contributed by atoms with Crippen LogP contribution in [0.3, 0.4) is 0 Å². The number of rotatable bonds is 28. The molecule has 0 spiro atoms. The number of nitrogens with zero attached hydrogens (tertiary/aromatic N) is 1. The average Bonchev–Trinajstić information content (AvgIpc) is 2.93. The van der Waals surface area contributed by atoms with Gasteiger partial charge >= 0.3 is 14.8 Å². The Labute approximate surface area is 256 Å². The lowest BCUT2D eigenvalue weighted by Gasteiger charge is -2.44. The zero-order valence-corrected chi connectivity index (χ0v) is 30.8. The highest BCUT2D eigenvalue weighted by molar-refractivity contribution is 6.77. The molecule has 0 saturated carbocycles. The molecule has 0 bridgehead atoms. The molecule has 0 aliphatic rings. The van der Waals surface area contributed by atoms with Crippen LogP contribution in [0.4, 0.5) is 0 Å². The van der Waals surface area contributed by atoms with E-state index >= 15 is 0 Å². The van der Waals surface area contributed by atoms with Gasteiger partial charge in [-0.3, -0.25) is 0 Å². The molecule has 0 saturated heterocycles. The monoisotopic (exact) mass is 619 g/mol. The van der Waals surface area contributed by atoms with E-state index in [-0.39, 0.29) is 0 Å². The number of hydrogen-bond acceptors (Lipinski definition) is 6. The molecular weight excluding hydrogens is 551 g/mol. The zero-order valence-electron chi connectivity index (χ0n) is 28.8. The number of carboxylic acid groups (broad SMARTS) is 1. The Bertz CT molecular complexity index is 616. The number of carboxylic acids is 1. The molecule has 0 aliphatic heterocycles. The summed E-state index contributed by atoms with van der Waals surface area (Å²) in [6.45, 7) is 17.6. The van der Waals surface area contributed by atoms with E-state index in [1.54, 1.807) is 21.3 Å². The minimum atomic E-state index is -2.67. The normalized spacial score (nSPS) is 13.7. The van der Waals surface area contributed by atoms with Crippen LogP contribution in [0.15, 0.2) is 0 Å². The van der Waals surface area contributed by atoms with Crippen molar-refractivity contribution < 1.29 is 27.6 Å². The molecule has 1 unspecified atom stereocenters. The van der Waals surface area contributed by atoms with Crippen LogP contribution >= 0.6 is 0 Å². The zero-order chi connectivity index (χ0) is 31.3. The van der Waals surface area contributed by atoms with Crippen molar-refractivity contribution in [1.82, 2.24) is 4.90 Å². The van der Waals surface area contributed by atoms with E-state index in [1.165, 1.54) is 70.6 Å². The molecule has 0 aromatic rings. The van der Waals surface area contributed by atoms with Crippen molar-refractivity contribution in [3.63, 3.8) is 0 Å². The second-order valence-corrected chi connectivity index (χ2v) is 21.3. The Balaban J connectivity index is 5.16. The van der Waals surface area contributed by atoms with Gasteiger partial charge in [0.05, 0.1) is 0 Å². The lowest BCUT2D eigenvalue weighted by molar-refractivity contribution is -0.146. The van der Waals surface area contributed by atoms with E-state index in [9.17, 15) is 9.90 Å². The van der Waals surface area contributed by atoms with Crippen LogP contribution < -0.4 is 0 Å². The summed E-state index contributed by atoms with van der Waals surface area (Å²) < 4.78 is 23.6. The quantitative estimate of drug-likeness (QED) is 0.0692. The molecule has 1 atom stereocenters. The molecule has 0 amide bonds. The lowest BCUT2D eigenvalue weighted by Crippen LogP contribution is -2.54. The van der Waals surface area contributed by atoms with Crippen LogP contribution in [0.5, 0.6) is 0 Å². The van der Waals surface area contributed by atoms with Crippen molar-refractivity contribution in [3.8, 4) is 0 Å². The van der Waals surface area contributed by atoms with Gasteiger partial charge < -0.3 is 27.7 Å². The fourth-order valence-corrected chi connectivity index (χ4v) is 13.8. The van der Waals surface area contributed by atoms with Gasteiger partial charge in [-0.25, -0.2) is 4.79 Å². The van der Waals surface area contributed by atoms with Crippen LogP contribution in [-0.4, -0.2) is 80.2 Å².